The Labute approximate surface area is 160 Å². The van der Waals surface area contributed by atoms with Crippen LogP contribution < -0.4 is 20.1 Å². The fourth-order valence-corrected chi connectivity index (χ4v) is 3.60. The zero-order valence-corrected chi connectivity index (χ0v) is 16.1. The fourth-order valence-electron chi connectivity index (χ4n) is 2.43. The number of methoxy groups -OCH3 is 2. The summed E-state index contributed by atoms with van der Waals surface area (Å²) < 4.78 is 11.5. The number of ether oxygens (including phenoxy) is 2. The summed E-state index contributed by atoms with van der Waals surface area (Å²) in [7, 11) is 3.17. The van der Waals surface area contributed by atoms with Crippen LogP contribution in [-0.2, 0) is 0 Å². The first-order chi connectivity index (χ1) is 12.5. The standard InChI is InChI=1S/C18H17N3O3S2/c1-10-6-4-5-7-12(10)16(22)20-17(25)21-18-19-15-13(24-3)8-11(23-2)9-14(15)26-18/h4-9H,1-3H3,(H2,19,20,21,22,25). The molecular weight excluding hydrogens is 370 g/mol. The molecule has 0 saturated carbocycles. The van der Waals surface area contributed by atoms with E-state index in [1.807, 2.05) is 31.2 Å². The third-order valence-corrected chi connectivity index (χ3v) is 4.85. The molecule has 3 aromatic rings. The summed E-state index contributed by atoms with van der Waals surface area (Å²) in [4.78, 5) is 16.8. The van der Waals surface area contributed by atoms with Crippen LogP contribution in [0.25, 0.3) is 10.2 Å². The van der Waals surface area contributed by atoms with Crippen molar-refractivity contribution in [1.82, 2.24) is 10.3 Å². The molecule has 134 valence electrons. The number of nitrogens with zero attached hydrogens (tertiary/aromatic N) is 1. The molecule has 0 fully saturated rings. The van der Waals surface area contributed by atoms with Gasteiger partial charge in [-0.05, 0) is 36.8 Å². The molecule has 1 amide bonds. The van der Waals surface area contributed by atoms with Crippen molar-refractivity contribution >= 4 is 49.9 Å². The van der Waals surface area contributed by atoms with Crippen molar-refractivity contribution < 1.29 is 14.3 Å². The molecule has 0 aliphatic rings. The molecule has 2 N–H and O–H groups in total. The number of hydrogen-bond donors (Lipinski definition) is 2. The van der Waals surface area contributed by atoms with Crippen LogP contribution in [0.3, 0.4) is 0 Å². The number of fused-ring (bicyclic) bond motifs is 1. The van der Waals surface area contributed by atoms with Crippen LogP contribution >= 0.6 is 23.6 Å². The molecule has 26 heavy (non-hydrogen) atoms. The van der Waals surface area contributed by atoms with Gasteiger partial charge < -0.3 is 14.8 Å². The highest BCUT2D eigenvalue weighted by atomic mass is 32.1. The molecule has 0 aliphatic heterocycles. The molecule has 6 nitrogen and oxygen atoms in total. The summed E-state index contributed by atoms with van der Waals surface area (Å²) in [6, 6.07) is 11.0. The highest BCUT2D eigenvalue weighted by Crippen LogP contribution is 2.36. The van der Waals surface area contributed by atoms with Crippen molar-refractivity contribution in [3.63, 3.8) is 0 Å². The summed E-state index contributed by atoms with van der Waals surface area (Å²) >= 11 is 6.63. The zero-order chi connectivity index (χ0) is 18.7. The highest BCUT2D eigenvalue weighted by Gasteiger charge is 2.14. The molecule has 0 radical (unpaired) electrons. The van der Waals surface area contributed by atoms with Gasteiger partial charge in [0.25, 0.3) is 5.91 Å². The second kappa shape index (κ2) is 7.67. The van der Waals surface area contributed by atoms with Crippen molar-refractivity contribution in [2.24, 2.45) is 0 Å². The third-order valence-electron chi connectivity index (χ3n) is 3.73. The lowest BCUT2D eigenvalue weighted by molar-refractivity contribution is 0.0977. The average molecular weight is 387 g/mol. The van der Waals surface area contributed by atoms with Gasteiger partial charge in [-0.1, -0.05) is 29.5 Å². The Morgan fingerprint density at radius 3 is 2.65 bits per heavy atom. The van der Waals surface area contributed by atoms with Crippen molar-refractivity contribution in [2.45, 2.75) is 6.92 Å². The summed E-state index contributed by atoms with van der Waals surface area (Å²) in [5, 5.41) is 6.36. The van der Waals surface area contributed by atoms with Crippen molar-refractivity contribution in [3.05, 3.63) is 47.5 Å². The molecular formula is C18H17N3O3S2. The SMILES string of the molecule is COc1cc(OC)c2nc(NC(=S)NC(=O)c3ccccc3C)sc2c1. The number of anilines is 1. The van der Waals surface area contributed by atoms with E-state index in [4.69, 9.17) is 21.7 Å². The van der Waals surface area contributed by atoms with Gasteiger partial charge in [-0.2, -0.15) is 0 Å². The van der Waals surface area contributed by atoms with Gasteiger partial charge in [-0.15, -0.1) is 0 Å². The molecule has 0 atom stereocenters. The predicted molar refractivity (Wildman–Crippen MR) is 108 cm³/mol. The van der Waals surface area contributed by atoms with Crippen molar-refractivity contribution in [1.29, 1.82) is 0 Å². The van der Waals surface area contributed by atoms with E-state index in [-0.39, 0.29) is 11.0 Å². The van der Waals surface area contributed by atoms with Crippen molar-refractivity contribution in [3.8, 4) is 11.5 Å². The van der Waals surface area contributed by atoms with E-state index in [9.17, 15) is 4.79 Å². The molecule has 2 aromatic carbocycles. The van der Waals surface area contributed by atoms with E-state index in [1.165, 1.54) is 11.3 Å². The molecule has 0 unspecified atom stereocenters. The molecule has 3 rings (SSSR count). The predicted octanol–water partition coefficient (Wildman–Crippen LogP) is 3.75. The van der Waals surface area contributed by atoms with Gasteiger partial charge in [0.1, 0.15) is 17.0 Å². The van der Waals surface area contributed by atoms with Gasteiger partial charge in [-0.25, -0.2) is 4.98 Å². The Morgan fingerprint density at radius 2 is 1.96 bits per heavy atom. The van der Waals surface area contributed by atoms with Crippen LogP contribution in [0.15, 0.2) is 36.4 Å². The molecule has 0 bridgehead atoms. The number of nitrogens with one attached hydrogen (secondary N) is 2. The summed E-state index contributed by atoms with van der Waals surface area (Å²) in [6.45, 7) is 1.87. The minimum atomic E-state index is -0.263. The monoisotopic (exact) mass is 387 g/mol. The number of hydrogen-bond acceptors (Lipinski definition) is 6. The maximum Gasteiger partial charge on any atom is 0.257 e. The van der Waals surface area contributed by atoms with Crippen LogP contribution in [-0.4, -0.2) is 30.2 Å². The van der Waals surface area contributed by atoms with Crippen LogP contribution in [0.1, 0.15) is 15.9 Å². The number of thiazole rings is 1. The maximum atomic E-state index is 12.3. The number of carbonyl (C=O) groups excluding carboxylic acids is 1. The topological polar surface area (TPSA) is 72.5 Å². The number of aryl methyl sites for hydroxylation is 1. The van der Waals surface area contributed by atoms with Gasteiger partial charge in [0.15, 0.2) is 10.2 Å². The molecule has 0 spiro atoms. The van der Waals surface area contributed by atoms with E-state index in [1.54, 1.807) is 26.4 Å². The highest BCUT2D eigenvalue weighted by molar-refractivity contribution is 7.80. The second-order valence-electron chi connectivity index (χ2n) is 5.42. The number of rotatable bonds is 4. The quantitative estimate of drug-likeness (QED) is 0.665. The fraction of sp³-hybridized carbons (Fsp3) is 0.167. The van der Waals surface area contributed by atoms with E-state index >= 15 is 0 Å². The van der Waals surface area contributed by atoms with E-state index in [2.05, 4.69) is 15.6 Å². The lowest BCUT2D eigenvalue weighted by atomic mass is 10.1. The molecule has 1 aromatic heterocycles. The van der Waals surface area contributed by atoms with E-state index < -0.39 is 0 Å². The van der Waals surface area contributed by atoms with Gasteiger partial charge in [0, 0.05) is 11.6 Å². The van der Waals surface area contributed by atoms with Gasteiger partial charge in [0.05, 0.1) is 18.9 Å². The van der Waals surface area contributed by atoms with Gasteiger partial charge in [-0.3, -0.25) is 10.1 Å². The van der Waals surface area contributed by atoms with E-state index in [0.717, 1.165) is 10.3 Å². The Hall–Kier alpha value is -2.71. The van der Waals surface area contributed by atoms with E-state index in [0.29, 0.717) is 27.7 Å². The minimum absolute atomic E-state index is 0.184. The number of thiocarbonyl (C=S) groups is 1. The number of aromatic nitrogens is 1. The summed E-state index contributed by atoms with van der Waals surface area (Å²) in [5.41, 5.74) is 2.16. The Kier molecular flexibility index (Phi) is 5.34. The van der Waals surface area contributed by atoms with Crippen LogP contribution in [0.4, 0.5) is 5.13 Å². The molecule has 0 aliphatic carbocycles. The minimum Gasteiger partial charge on any atom is -0.497 e. The second-order valence-corrected chi connectivity index (χ2v) is 6.86. The Bertz CT molecular complexity index is 985. The first-order valence-corrected chi connectivity index (χ1v) is 8.95. The molecule has 8 heteroatoms. The smallest absolute Gasteiger partial charge is 0.257 e. The lowest BCUT2D eigenvalue weighted by Gasteiger charge is -2.08. The average Bonchev–Trinajstić information content (AvgIpc) is 3.02. The number of carbonyl (C=O) groups is 1. The van der Waals surface area contributed by atoms with Gasteiger partial charge in [0.2, 0.25) is 0 Å². The number of amides is 1. The maximum absolute atomic E-state index is 12.3. The lowest BCUT2D eigenvalue weighted by Crippen LogP contribution is -2.34. The Morgan fingerprint density at radius 1 is 1.19 bits per heavy atom. The Balaban J connectivity index is 1.77. The zero-order valence-electron chi connectivity index (χ0n) is 14.5. The largest absolute Gasteiger partial charge is 0.497 e. The van der Waals surface area contributed by atoms with Crippen molar-refractivity contribution in [2.75, 3.05) is 19.5 Å². The van der Waals surface area contributed by atoms with Crippen LogP contribution in [0, 0.1) is 6.92 Å². The normalized spacial score (nSPS) is 10.4. The first kappa shape index (κ1) is 18.1. The molecule has 0 saturated heterocycles. The number of benzene rings is 2. The van der Waals surface area contributed by atoms with Crippen LogP contribution in [0.5, 0.6) is 11.5 Å². The third kappa shape index (κ3) is 3.76. The summed E-state index contributed by atoms with van der Waals surface area (Å²) in [6.07, 6.45) is 0. The van der Waals surface area contributed by atoms with Crippen LogP contribution in [0.2, 0.25) is 0 Å². The molecule has 1 heterocycles. The summed E-state index contributed by atoms with van der Waals surface area (Å²) in [5.74, 6) is 1.03. The first-order valence-electron chi connectivity index (χ1n) is 7.72. The van der Waals surface area contributed by atoms with Gasteiger partial charge >= 0.3 is 0 Å².